The summed E-state index contributed by atoms with van der Waals surface area (Å²) in [6.07, 6.45) is 5.79. The first-order valence-corrected chi connectivity index (χ1v) is 11.6. The van der Waals surface area contributed by atoms with Crippen LogP contribution in [0.2, 0.25) is 0 Å². The molecule has 3 nitrogen and oxygen atoms in total. The summed E-state index contributed by atoms with van der Waals surface area (Å²) in [6.45, 7) is 7.34. The van der Waals surface area contributed by atoms with Gasteiger partial charge in [0.05, 0.1) is 5.92 Å². The SMILES string of the molecule is CC(C)Cc1ccc(C(C)C(=O)Oc2cccc(C3=C(CN(C)C)CCCC3)c2)cc1. The summed E-state index contributed by atoms with van der Waals surface area (Å²) in [5.41, 5.74) is 6.42. The standard InChI is InChI=1S/C28H37NO2/c1-20(2)17-22-13-15-23(16-14-22)21(3)28(30)31-26-11-8-10-24(18-26)27-12-7-6-9-25(27)19-29(4)5/h8,10-11,13-16,18,20-21H,6-7,9,12,17,19H2,1-5H3. The fourth-order valence-electron chi connectivity index (χ4n) is 4.37. The van der Waals surface area contributed by atoms with Crippen molar-refractivity contribution in [2.45, 2.75) is 58.8 Å². The molecule has 3 rings (SSSR count). The molecule has 0 N–H and O–H groups in total. The molecule has 0 aromatic heterocycles. The van der Waals surface area contributed by atoms with Crippen molar-refractivity contribution in [1.29, 1.82) is 0 Å². The highest BCUT2D eigenvalue weighted by atomic mass is 16.5. The minimum atomic E-state index is -0.296. The number of esters is 1. The van der Waals surface area contributed by atoms with Crippen molar-refractivity contribution in [2.75, 3.05) is 20.6 Å². The third kappa shape index (κ3) is 6.54. The van der Waals surface area contributed by atoms with E-state index in [0.29, 0.717) is 11.7 Å². The van der Waals surface area contributed by atoms with E-state index in [-0.39, 0.29) is 11.9 Å². The summed E-state index contributed by atoms with van der Waals surface area (Å²) < 4.78 is 5.80. The zero-order valence-corrected chi connectivity index (χ0v) is 19.8. The Bertz CT molecular complexity index is 909. The van der Waals surface area contributed by atoms with Gasteiger partial charge in [-0.1, -0.05) is 55.8 Å². The van der Waals surface area contributed by atoms with Crippen LogP contribution in [0.4, 0.5) is 0 Å². The Morgan fingerprint density at radius 1 is 1.00 bits per heavy atom. The van der Waals surface area contributed by atoms with Crippen LogP contribution in [0.15, 0.2) is 54.1 Å². The van der Waals surface area contributed by atoms with Crippen LogP contribution in [0.1, 0.15) is 69.1 Å². The molecule has 1 atom stereocenters. The van der Waals surface area contributed by atoms with Crippen LogP contribution < -0.4 is 4.74 Å². The number of likely N-dealkylation sites (N-methyl/N-ethyl adjacent to an activating group) is 1. The molecule has 0 radical (unpaired) electrons. The molecule has 1 aliphatic carbocycles. The smallest absolute Gasteiger partial charge is 0.318 e. The lowest BCUT2D eigenvalue weighted by Gasteiger charge is -2.23. The molecule has 0 saturated carbocycles. The normalized spacial score (nSPS) is 15.5. The van der Waals surface area contributed by atoms with E-state index in [9.17, 15) is 4.79 Å². The van der Waals surface area contributed by atoms with Gasteiger partial charge in [-0.3, -0.25) is 4.79 Å². The number of rotatable bonds is 8. The summed E-state index contributed by atoms with van der Waals surface area (Å²) in [5.74, 6) is 0.751. The first kappa shape index (κ1) is 23.3. The Morgan fingerprint density at radius 3 is 2.39 bits per heavy atom. The highest BCUT2D eigenvalue weighted by Gasteiger charge is 2.19. The maximum absolute atomic E-state index is 12.8. The van der Waals surface area contributed by atoms with Crippen molar-refractivity contribution >= 4 is 11.5 Å². The molecule has 1 aliphatic rings. The third-order valence-electron chi connectivity index (χ3n) is 5.97. The van der Waals surface area contributed by atoms with Gasteiger partial charge in [0.1, 0.15) is 5.75 Å². The number of nitrogens with zero attached hydrogens (tertiary/aromatic N) is 1. The van der Waals surface area contributed by atoms with Gasteiger partial charge in [-0.05, 0) is 93.4 Å². The Balaban J connectivity index is 1.72. The fraction of sp³-hybridized carbons (Fsp3) is 0.464. The van der Waals surface area contributed by atoms with Crippen LogP contribution in [0.3, 0.4) is 0 Å². The lowest BCUT2D eigenvalue weighted by atomic mass is 9.87. The average Bonchev–Trinajstić information content (AvgIpc) is 2.73. The van der Waals surface area contributed by atoms with Gasteiger partial charge in [0.2, 0.25) is 0 Å². The number of carbonyl (C=O) groups excluding carboxylic acids is 1. The lowest BCUT2D eigenvalue weighted by Crippen LogP contribution is -2.18. The van der Waals surface area contributed by atoms with Gasteiger partial charge in [0.25, 0.3) is 0 Å². The summed E-state index contributed by atoms with van der Waals surface area (Å²) in [4.78, 5) is 15.1. The Labute approximate surface area is 188 Å². The molecule has 166 valence electrons. The first-order chi connectivity index (χ1) is 14.8. The number of benzene rings is 2. The second-order valence-corrected chi connectivity index (χ2v) is 9.54. The van der Waals surface area contributed by atoms with E-state index in [1.54, 1.807) is 0 Å². The monoisotopic (exact) mass is 419 g/mol. The quantitative estimate of drug-likeness (QED) is 0.362. The molecule has 3 heteroatoms. The molecule has 31 heavy (non-hydrogen) atoms. The second kappa shape index (κ2) is 10.8. The minimum absolute atomic E-state index is 0.208. The van der Waals surface area contributed by atoms with Crippen LogP contribution in [0.25, 0.3) is 5.57 Å². The molecule has 0 saturated heterocycles. The molecule has 0 fully saturated rings. The maximum Gasteiger partial charge on any atom is 0.318 e. The summed E-state index contributed by atoms with van der Waals surface area (Å²) in [7, 11) is 4.24. The van der Waals surface area contributed by atoms with Crippen LogP contribution in [-0.2, 0) is 11.2 Å². The van der Waals surface area contributed by atoms with Crippen molar-refractivity contribution in [3.05, 3.63) is 70.8 Å². The highest BCUT2D eigenvalue weighted by molar-refractivity contribution is 5.80. The highest BCUT2D eigenvalue weighted by Crippen LogP contribution is 2.34. The minimum Gasteiger partial charge on any atom is -0.426 e. The van der Waals surface area contributed by atoms with Gasteiger partial charge in [0.15, 0.2) is 0 Å². The first-order valence-electron chi connectivity index (χ1n) is 11.6. The lowest BCUT2D eigenvalue weighted by molar-refractivity contribution is -0.135. The van der Waals surface area contributed by atoms with Gasteiger partial charge in [0, 0.05) is 6.54 Å². The van der Waals surface area contributed by atoms with Gasteiger partial charge in [-0.25, -0.2) is 0 Å². The zero-order valence-electron chi connectivity index (χ0n) is 19.8. The third-order valence-corrected chi connectivity index (χ3v) is 5.97. The molecule has 1 unspecified atom stereocenters. The summed E-state index contributed by atoms with van der Waals surface area (Å²) >= 11 is 0. The number of hydrogen-bond acceptors (Lipinski definition) is 3. The number of hydrogen-bond donors (Lipinski definition) is 0. The van der Waals surface area contributed by atoms with Gasteiger partial charge < -0.3 is 9.64 Å². The van der Waals surface area contributed by atoms with E-state index in [2.05, 4.69) is 63.2 Å². The van der Waals surface area contributed by atoms with Gasteiger partial charge in [-0.2, -0.15) is 0 Å². The van der Waals surface area contributed by atoms with Crippen molar-refractivity contribution in [3.63, 3.8) is 0 Å². The van der Waals surface area contributed by atoms with Crippen LogP contribution in [0.5, 0.6) is 5.75 Å². The fourth-order valence-corrected chi connectivity index (χ4v) is 4.37. The van der Waals surface area contributed by atoms with Crippen LogP contribution in [0, 0.1) is 5.92 Å². The topological polar surface area (TPSA) is 29.5 Å². The molecule has 0 bridgehead atoms. The van der Waals surface area contributed by atoms with Crippen LogP contribution in [-0.4, -0.2) is 31.5 Å². The van der Waals surface area contributed by atoms with E-state index in [1.165, 1.54) is 35.1 Å². The number of allylic oxidation sites excluding steroid dienone is 1. The van der Waals surface area contributed by atoms with E-state index in [0.717, 1.165) is 31.4 Å². The Kier molecular flexibility index (Phi) is 8.09. The number of ether oxygens (including phenoxy) is 1. The molecule has 2 aromatic rings. The van der Waals surface area contributed by atoms with Crippen LogP contribution >= 0.6 is 0 Å². The Hall–Kier alpha value is -2.39. The maximum atomic E-state index is 12.8. The largest absolute Gasteiger partial charge is 0.426 e. The van der Waals surface area contributed by atoms with Crippen molar-refractivity contribution in [1.82, 2.24) is 4.90 Å². The zero-order chi connectivity index (χ0) is 22.4. The molecule has 0 aliphatic heterocycles. The molecule has 2 aromatic carbocycles. The predicted octanol–water partition coefficient (Wildman–Crippen LogP) is 6.48. The van der Waals surface area contributed by atoms with Gasteiger partial charge in [-0.15, -0.1) is 0 Å². The van der Waals surface area contributed by atoms with E-state index >= 15 is 0 Å². The van der Waals surface area contributed by atoms with E-state index in [1.807, 2.05) is 25.1 Å². The Morgan fingerprint density at radius 2 is 1.71 bits per heavy atom. The second-order valence-electron chi connectivity index (χ2n) is 9.54. The predicted molar refractivity (Wildman–Crippen MR) is 129 cm³/mol. The molecule has 0 heterocycles. The van der Waals surface area contributed by atoms with Gasteiger partial charge >= 0.3 is 5.97 Å². The molecule has 0 spiro atoms. The summed E-state index contributed by atoms with van der Waals surface area (Å²) in [5, 5.41) is 0. The van der Waals surface area contributed by atoms with E-state index < -0.39 is 0 Å². The summed E-state index contributed by atoms with van der Waals surface area (Å²) in [6, 6.07) is 16.4. The molecule has 0 amide bonds. The van der Waals surface area contributed by atoms with E-state index in [4.69, 9.17) is 4.74 Å². The van der Waals surface area contributed by atoms with Crippen molar-refractivity contribution in [3.8, 4) is 5.75 Å². The average molecular weight is 420 g/mol. The van der Waals surface area contributed by atoms with Crippen molar-refractivity contribution in [2.24, 2.45) is 5.92 Å². The molecular weight excluding hydrogens is 382 g/mol. The number of carbonyl (C=O) groups is 1. The van der Waals surface area contributed by atoms with Crippen molar-refractivity contribution < 1.29 is 9.53 Å². The molecular formula is C28H37NO2.